The van der Waals surface area contributed by atoms with Gasteiger partial charge in [0.1, 0.15) is 17.7 Å². The van der Waals surface area contributed by atoms with E-state index in [1.807, 2.05) is 28.8 Å². The number of nitrogens with one attached hydrogen (secondary N) is 2. The van der Waals surface area contributed by atoms with Crippen LogP contribution in [-0.4, -0.2) is 95.7 Å². The lowest BCUT2D eigenvalue weighted by Gasteiger charge is -2.59. The Labute approximate surface area is 299 Å². The molecule has 4 aromatic rings. The summed E-state index contributed by atoms with van der Waals surface area (Å²) in [4.78, 5) is 18.4. The minimum Gasteiger partial charge on any atom is -0.493 e. The SMILES string of the molecule is COc1cc2ncnc(N3CCC(C[S@@](=N)(=O)C[n+]4cnc(N5CC6(CC(CS(C)(=N)=O)C6)C5)c5cc(OC)c(OC)cc54)CC3)c2cc1OC. The largest absolute Gasteiger partial charge is 0.493 e. The average Bonchev–Trinajstić information content (AvgIpc) is 3.07. The van der Waals surface area contributed by atoms with Crippen LogP contribution >= 0.6 is 0 Å². The summed E-state index contributed by atoms with van der Waals surface area (Å²) >= 11 is 0. The lowest BCUT2D eigenvalue weighted by Crippen LogP contribution is -2.63. The predicted molar refractivity (Wildman–Crippen MR) is 197 cm³/mol. The maximum atomic E-state index is 14.0. The highest BCUT2D eigenvalue weighted by molar-refractivity contribution is 7.91. The molecule has 2 aliphatic heterocycles. The maximum absolute atomic E-state index is 14.0. The molecule has 274 valence electrons. The zero-order valence-corrected chi connectivity index (χ0v) is 31.5. The van der Waals surface area contributed by atoms with E-state index in [-0.39, 0.29) is 23.0 Å². The standard InChI is InChI=1S/C35H47N8O6S2/c1-46-29-10-25-27(12-31(29)48-3)38-20-39-33(25)41-8-6-23(7-9-41)17-51(37,45)22-43-21-40-34(26-11-30(47-2)32(49-4)13-28(26)43)42-18-35(19-42)14-24(15-35)16-50(5,36)44/h10-13,20-21,23-24,36-37H,6-9,14-19,22H2,1-5H3/q+1/t50?,51-/m1/s1. The maximum Gasteiger partial charge on any atom is 0.290 e. The van der Waals surface area contributed by atoms with Gasteiger partial charge in [0.25, 0.3) is 12.1 Å². The van der Waals surface area contributed by atoms with Crippen molar-refractivity contribution in [3.63, 3.8) is 0 Å². The fourth-order valence-electron chi connectivity index (χ4n) is 8.39. The minimum absolute atomic E-state index is 0.0136. The van der Waals surface area contributed by atoms with Gasteiger partial charge in [0.2, 0.25) is 0 Å². The third-order valence-corrected chi connectivity index (χ3v) is 13.4. The Morgan fingerprint density at radius 2 is 1.37 bits per heavy atom. The molecule has 0 bridgehead atoms. The van der Waals surface area contributed by atoms with Crippen molar-refractivity contribution in [3.05, 3.63) is 36.9 Å². The summed E-state index contributed by atoms with van der Waals surface area (Å²) in [6.45, 7) is 3.13. The van der Waals surface area contributed by atoms with Gasteiger partial charge in [0.15, 0.2) is 28.9 Å². The Balaban J connectivity index is 1.06. The zero-order chi connectivity index (χ0) is 36.1. The lowest BCUT2D eigenvalue weighted by molar-refractivity contribution is -0.653. The minimum atomic E-state index is -3.03. The first-order valence-electron chi connectivity index (χ1n) is 17.1. The summed E-state index contributed by atoms with van der Waals surface area (Å²) in [5.41, 5.74) is 1.73. The highest BCUT2D eigenvalue weighted by Gasteiger charge is 2.54. The second-order valence-corrected chi connectivity index (χ2v) is 19.1. The number of benzene rings is 2. The number of nitrogens with zero attached hydrogens (tertiary/aromatic N) is 6. The van der Waals surface area contributed by atoms with Crippen molar-refractivity contribution in [2.75, 3.05) is 82.2 Å². The van der Waals surface area contributed by atoms with Gasteiger partial charge in [-0.1, -0.05) is 0 Å². The van der Waals surface area contributed by atoms with Gasteiger partial charge in [-0.05, 0) is 48.6 Å². The van der Waals surface area contributed by atoms with E-state index in [1.165, 1.54) is 6.26 Å². The first-order chi connectivity index (χ1) is 24.3. The van der Waals surface area contributed by atoms with Crippen LogP contribution in [0.25, 0.3) is 21.8 Å². The molecule has 1 unspecified atom stereocenters. The second kappa shape index (κ2) is 13.4. The highest BCUT2D eigenvalue weighted by atomic mass is 32.2. The number of fused-ring (bicyclic) bond motifs is 2. The van der Waals surface area contributed by atoms with Crippen LogP contribution in [0.2, 0.25) is 0 Å². The summed E-state index contributed by atoms with van der Waals surface area (Å²) in [7, 11) is 0.876. The highest BCUT2D eigenvalue weighted by Crippen LogP contribution is 2.53. The molecule has 14 nitrogen and oxygen atoms in total. The number of piperidine rings is 1. The van der Waals surface area contributed by atoms with Gasteiger partial charge in [-0.25, -0.2) is 23.5 Å². The summed E-state index contributed by atoms with van der Waals surface area (Å²) in [5.74, 6) is 5.23. The van der Waals surface area contributed by atoms with Gasteiger partial charge in [-0.15, -0.1) is 0 Å². The Morgan fingerprint density at radius 3 is 2.00 bits per heavy atom. The van der Waals surface area contributed by atoms with Crippen molar-refractivity contribution < 1.29 is 31.9 Å². The lowest BCUT2D eigenvalue weighted by atomic mass is 9.58. The van der Waals surface area contributed by atoms with Gasteiger partial charge < -0.3 is 28.7 Å². The molecule has 0 radical (unpaired) electrons. The van der Waals surface area contributed by atoms with Crippen LogP contribution in [0.1, 0.15) is 25.7 Å². The summed E-state index contributed by atoms with van der Waals surface area (Å²) in [6, 6.07) is 7.56. The van der Waals surface area contributed by atoms with Crippen molar-refractivity contribution in [1.29, 1.82) is 9.56 Å². The van der Waals surface area contributed by atoms with Crippen LogP contribution in [0.5, 0.6) is 23.0 Å². The smallest absolute Gasteiger partial charge is 0.290 e. The average molecular weight is 740 g/mol. The van der Waals surface area contributed by atoms with Crippen LogP contribution in [0.3, 0.4) is 0 Å². The fourth-order valence-corrected chi connectivity index (χ4v) is 11.4. The van der Waals surface area contributed by atoms with E-state index in [0.717, 1.165) is 85.3 Å². The van der Waals surface area contributed by atoms with Crippen molar-refractivity contribution in [1.82, 2.24) is 15.0 Å². The monoisotopic (exact) mass is 739 g/mol. The molecule has 1 spiro atoms. The molecule has 51 heavy (non-hydrogen) atoms. The third-order valence-electron chi connectivity index (χ3n) is 10.6. The summed E-state index contributed by atoms with van der Waals surface area (Å²) in [5, 5.41) is 1.73. The van der Waals surface area contributed by atoms with E-state index in [1.54, 1.807) is 41.1 Å². The third kappa shape index (κ3) is 7.04. The first-order valence-corrected chi connectivity index (χ1v) is 21.1. The normalized spacial score (nSPS) is 20.0. The van der Waals surface area contributed by atoms with Crippen LogP contribution in [0.15, 0.2) is 36.9 Å². The number of methoxy groups -OCH3 is 4. The molecule has 0 amide bonds. The summed E-state index contributed by atoms with van der Waals surface area (Å²) in [6.07, 6.45) is 8.33. The zero-order valence-electron chi connectivity index (χ0n) is 29.8. The van der Waals surface area contributed by atoms with Crippen LogP contribution in [0, 0.1) is 26.8 Å². The number of ether oxygens (including phenoxy) is 4. The Kier molecular flexibility index (Phi) is 9.27. The topological polar surface area (TPSA) is 168 Å². The molecule has 16 heteroatoms. The number of hydrogen-bond acceptors (Lipinski definition) is 13. The fraction of sp³-hybridized carbons (Fsp3) is 0.543. The van der Waals surface area contributed by atoms with Crippen molar-refractivity contribution >= 4 is 52.9 Å². The van der Waals surface area contributed by atoms with Crippen LogP contribution < -0.4 is 33.3 Å². The van der Waals surface area contributed by atoms with E-state index < -0.39 is 19.5 Å². The van der Waals surface area contributed by atoms with E-state index >= 15 is 0 Å². The molecule has 3 aliphatic rings. The van der Waals surface area contributed by atoms with E-state index in [0.29, 0.717) is 34.7 Å². The Bertz CT molecular complexity index is 2180. The van der Waals surface area contributed by atoms with Gasteiger partial charge in [-0.3, -0.25) is 8.99 Å². The molecule has 2 aromatic carbocycles. The van der Waals surface area contributed by atoms with E-state index in [4.69, 9.17) is 33.5 Å². The number of anilines is 2. The Hall–Kier alpha value is -4.18. The Morgan fingerprint density at radius 1 is 0.784 bits per heavy atom. The second-order valence-electron chi connectivity index (χ2n) is 14.5. The molecule has 7 rings (SSSR count). The molecule has 1 saturated carbocycles. The van der Waals surface area contributed by atoms with Crippen molar-refractivity contribution in [2.24, 2.45) is 17.3 Å². The quantitative estimate of drug-likeness (QED) is 0.199. The molecule has 3 fully saturated rings. The molecule has 2 saturated heterocycles. The molecular formula is C35H47N8O6S2+. The molecule has 1 aliphatic carbocycles. The molecule has 2 atom stereocenters. The predicted octanol–water partition coefficient (Wildman–Crippen LogP) is 4.31. The van der Waals surface area contributed by atoms with E-state index in [9.17, 15) is 8.42 Å². The molecule has 2 aromatic heterocycles. The first kappa shape index (κ1) is 35.2. The van der Waals surface area contributed by atoms with Gasteiger partial charge in [0.05, 0.1) is 49.1 Å². The molecule has 4 heterocycles. The number of hydrogen-bond donors (Lipinski definition) is 2. The van der Waals surface area contributed by atoms with Crippen LogP contribution in [-0.2, 0) is 25.3 Å². The summed E-state index contributed by atoms with van der Waals surface area (Å²) < 4.78 is 67.0. The van der Waals surface area contributed by atoms with Crippen molar-refractivity contribution in [3.8, 4) is 23.0 Å². The van der Waals surface area contributed by atoms with Crippen molar-refractivity contribution in [2.45, 2.75) is 31.6 Å². The number of rotatable bonds is 12. The molecular weight excluding hydrogens is 693 g/mol. The van der Waals surface area contributed by atoms with Gasteiger partial charge in [-0.2, -0.15) is 0 Å². The van der Waals surface area contributed by atoms with E-state index in [2.05, 4.69) is 19.8 Å². The van der Waals surface area contributed by atoms with Gasteiger partial charge >= 0.3 is 0 Å². The molecule has 2 N–H and O–H groups in total. The number of aromatic nitrogens is 4. The van der Waals surface area contributed by atoms with Gasteiger partial charge in [0, 0.05) is 82.7 Å². The van der Waals surface area contributed by atoms with Crippen LogP contribution in [0.4, 0.5) is 11.6 Å².